The predicted octanol–water partition coefficient (Wildman–Crippen LogP) is 4.89. The Morgan fingerprint density at radius 1 is 1.19 bits per heavy atom. The summed E-state index contributed by atoms with van der Waals surface area (Å²) in [5, 5.41) is 4.00. The van der Waals surface area contributed by atoms with Gasteiger partial charge in [0.2, 0.25) is 0 Å². The average molecular weight is 433 g/mol. The van der Waals surface area contributed by atoms with Gasteiger partial charge < -0.3 is 9.47 Å². The first kappa shape index (κ1) is 21.0. The molecule has 0 aliphatic heterocycles. The molecule has 0 saturated carbocycles. The number of hydrogen-bond acceptors (Lipinski definition) is 4. The zero-order valence-electron chi connectivity index (χ0n) is 15.9. The van der Waals surface area contributed by atoms with Gasteiger partial charge in [0.25, 0.3) is 5.91 Å². The molecule has 27 heavy (non-hydrogen) atoms. The molecule has 144 valence electrons. The normalized spacial score (nSPS) is 11.0. The molecule has 5 nitrogen and oxygen atoms in total. The van der Waals surface area contributed by atoms with E-state index in [2.05, 4.69) is 40.3 Å². The molecule has 0 aliphatic rings. The van der Waals surface area contributed by atoms with Gasteiger partial charge in [0.1, 0.15) is 11.5 Å². The Hall–Kier alpha value is -2.34. The van der Waals surface area contributed by atoms with E-state index in [1.165, 1.54) is 5.56 Å². The molecule has 1 amide bonds. The molecule has 0 atom stereocenters. The molecule has 0 aromatic heterocycles. The minimum atomic E-state index is -0.329. The van der Waals surface area contributed by atoms with E-state index in [-0.39, 0.29) is 12.5 Å². The van der Waals surface area contributed by atoms with Gasteiger partial charge in [-0.25, -0.2) is 5.43 Å². The van der Waals surface area contributed by atoms with Crippen LogP contribution in [0.4, 0.5) is 0 Å². The lowest BCUT2D eigenvalue weighted by Gasteiger charge is -2.09. The number of rotatable bonds is 9. The van der Waals surface area contributed by atoms with Crippen molar-refractivity contribution in [3.63, 3.8) is 0 Å². The summed E-state index contributed by atoms with van der Waals surface area (Å²) in [5.41, 5.74) is 4.48. The first-order valence-corrected chi connectivity index (χ1v) is 9.76. The number of carbonyl (C=O) groups excluding carboxylic acids is 1. The van der Waals surface area contributed by atoms with Crippen LogP contribution >= 0.6 is 15.9 Å². The van der Waals surface area contributed by atoms with Crippen LogP contribution in [0.1, 0.15) is 44.2 Å². The fraction of sp³-hybridized carbons (Fsp3) is 0.333. The number of hydrazone groups is 1. The highest BCUT2D eigenvalue weighted by Gasteiger charge is 2.05. The lowest BCUT2D eigenvalue weighted by Crippen LogP contribution is -2.24. The van der Waals surface area contributed by atoms with Crippen LogP contribution in [0.15, 0.2) is 52.0 Å². The van der Waals surface area contributed by atoms with Crippen LogP contribution in [-0.2, 0) is 4.79 Å². The van der Waals surface area contributed by atoms with E-state index in [1.54, 1.807) is 6.21 Å². The van der Waals surface area contributed by atoms with E-state index in [4.69, 9.17) is 9.47 Å². The van der Waals surface area contributed by atoms with Crippen LogP contribution in [0.25, 0.3) is 0 Å². The average Bonchev–Trinajstić information content (AvgIpc) is 2.66. The Labute approximate surface area is 168 Å². The maximum atomic E-state index is 11.9. The van der Waals surface area contributed by atoms with Crippen LogP contribution in [0, 0.1) is 0 Å². The SMILES string of the molecule is CCCOc1ccc(Br)cc1/C=N/NC(=O)COc1ccc(C(C)C)cc1. The van der Waals surface area contributed by atoms with Gasteiger partial charge in [0.15, 0.2) is 6.61 Å². The number of hydrogen-bond donors (Lipinski definition) is 1. The molecule has 0 heterocycles. The van der Waals surface area contributed by atoms with E-state index < -0.39 is 0 Å². The minimum Gasteiger partial charge on any atom is -0.493 e. The Morgan fingerprint density at radius 2 is 1.93 bits per heavy atom. The summed E-state index contributed by atoms with van der Waals surface area (Å²) >= 11 is 3.43. The Morgan fingerprint density at radius 3 is 2.59 bits per heavy atom. The van der Waals surface area contributed by atoms with E-state index in [1.807, 2.05) is 49.4 Å². The number of halogens is 1. The van der Waals surface area contributed by atoms with Crippen LogP contribution in [0.3, 0.4) is 0 Å². The first-order chi connectivity index (χ1) is 13.0. The molecule has 0 fully saturated rings. The van der Waals surface area contributed by atoms with Gasteiger partial charge >= 0.3 is 0 Å². The maximum Gasteiger partial charge on any atom is 0.277 e. The Balaban J connectivity index is 1.87. The van der Waals surface area contributed by atoms with E-state index in [0.717, 1.165) is 22.2 Å². The van der Waals surface area contributed by atoms with Gasteiger partial charge in [-0.1, -0.05) is 48.8 Å². The van der Waals surface area contributed by atoms with Gasteiger partial charge in [-0.2, -0.15) is 5.10 Å². The highest BCUT2D eigenvalue weighted by atomic mass is 79.9. The molecule has 2 aromatic carbocycles. The van der Waals surface area contributed by atoms with E-state index in [0.29, 0.717) is 18.3 Å². The maximum absolute atomic E-state index is 11.9. The molecule has 2 aromatic rings. The van der Waals surface area contributed by atoms with Gasteiger partial charge in [0, 0.05) is 10.0 Å². The second-order valence-electron chi connectivity index (χ2n) is 6.34. The summed E-state index contributed by atoms with van der Waals surface area (Å²) in [4.78, 5) is 11.9. The minimum absolute atomic E-state index is 0.101. The third-order valence-electron chi connectivity index (χ3n) is 3.74. The third kappa shape index (κ3) is 7.06. The summed E-state index contributed by atoms with van der Waals surface area (Å²) in [6.07, 6.45) is 2.48. The first-order valence-electron chi connectivity index (χ1n) is 8.96. The van der Waals surface area contributed by atoms with Crippen LogP contribution in [-0.4, -0.2) is 25.3 Å². The second-order valence-corrected chi connectivity index (χ2v) is 7.25. The summed E-state index contributed by atoms with van der Waals surface area (Å²) in [5.74, 6) is 1.51. The highest BCUT2D eigenvalue weighted by molar-refractivity contribution is 9.10. The molecule has 2 rings (SSSR count). The third-order valence-corrected chi connectivity index (χ3v) is 4.24. The predicted molar refractivity (Wildman–Crippen MR) is 112 cm³/mol. The van der Waals surface area contributed by atoms with Crippen molar-refractivity contribution in [1.29, 1.82) is 0 Å². The quantitative estimate of drug-likeness (QED) is 0.453. The van der Waals surface area contributed by atoms with Crippen LogP contribution in [0.5, 0.6) is 11.5 Å². The Bertz CT molecular complexity index is 773. The van der Waals surface area contributed by atoms with E-state index in [9.17, 15) is 4.79 Å². The molecule has 6 heteroatoms. The highest BCUT2D eigenvalue weighted by Crippen LogP contribution is 2.22. The lowest BCUT2D eigenvalue weighted by molar-refractivity contribution is -0.123. The molecular formula is C21H25BrN2O3. The smallest absolute Gasteiger partial charge is 0.277 e. The fourth-order valence-corrected chi connectivity index (χ4v) is 2.65. The summed E-state index contributed by atoms with van der Waals surface area (Å²) in [6, 6.07) is 13.4. The van der Waals surface area contributed by atoms with Crippen molar-refractivity contribution in [3.05, 3.63) is 58.1 Å². The molecular weight excluding hydrogens is 408 g/mol. The van der Waals surface area contributed by atoms with Gasteiger partial charge in [0.05, 0.1) is 12.8 Å². The summed E-state index contributed by atoms with van der Waals surface area (Å²) in [7, 11) is 0. The van der Waals surface area contributed by atoms with Crippen LogP contribution in [0.2, 0.25) is 0 Å². The Kier molecular flexibility index (Phi) is 8.33. The van der Waals surface area contributed by atoms with Gasteiger partial charge in [-0.05, 0) is 48.2 Å². The fourth-order valence-electron chi connectivity index (χ4n) is 2.27. The molecule has 0 unspecified atom stereocenters. The molecule has 0 radical (unpaired) electrons. The van der Waals surface area contributed by atoms with Crippen molar-refractivity contribution in [1.82, 2.24) is 5.43 Å². The molecule has 1 N–H and O–H groups in total. The monoisotopic (exact) mass is 432 g/mol. The molecule has 0 bridgehead atoms. The summed E-state index contributed by atoms with van der Waals surface area (Å²) in [6.45, 7) is 6.83. The largest absolute Gasteiger partial charge is 0.493 e. The van der Waals surface area contributed by atoms with Gasteiger partial charge in [-0.15, -0.1) is 0 Å². The van der Waals surface area contributed by atoms with Crippen molar-refractivity contribution >= 4 is 28.1 Å². The van der Waals surface area contributed by atoms with Crippen LogP contribution < -0.4 is 14.9 Å². The topological polar surface area (TPSA) is 59.9 Å². The van der Waals surface area contributed by atoms with Crippen molar-refractivity contribution in [3.8, 4) is 11.5 Å². The lowest BCUT2D eigenvalue weighted by atomic mass is 10.0. The van der Waals surface area contributed by atoms with Crippen molar-refractivity contribution < 1.29 is 14.3 Å². The molecule has 0 spiro atoms. The van der Waals surface area contributed by atoms with E-state index >= 15 is 0 Å². The number of nitrogens with one attached hydrogen (secondary N) is 1. The van der Waals surface area contributed by atoms with Gasteiger partial charge in [-0.3, -0.25) is 4.79 Å². The number of benzene rings is 2. The summed E-state index contributed by atoms with van der Waals surface area (Å²) < 4.78 is 12.1. The number of amides is 1. The van der Waals surface area contributed by atoms with Crippen molar-refractivity contribution in [2.75, 3.05) is 13.2 Å². The number of nitrogens with zero attached hydrogens (tertiary/aromatic N) is 1. The van der Waals surface area contributed by atoms with Crippen molar-refractivity contribution in [2.45, 2.75) is 33.1 Å². The molecule has 0 aliphatic carbocycles. The number of ether oxygens (including phenoxy) is 2. The zero-order chi connectivity index (χ0) is 19.6. The number of carbonyl (C=O) groups is 1. The van der Waals surface area contributed by atoms with Crippen molar-refractivity contribution in [2.24, 2.45) is 5.10 Å². The molecule has 0 saturated heterocycles. The zero-order valence-corrected chi connectivity index (χ0v) is 17.5. The second kappa shape index (κ2) is 10.7. The standard InChI is InChI=1S/C21H25BrN2O3/c1-4-11-26-20-10-7-18(22)12-17(20)13-23-24-21(25)14-27-19-8-5-16(6-9-19)15(2)3/h5-10,12-13,15H,4,11,14H2,1-3H3,(H,24,25)/b23-13+.